The quantitative estimate of drug-likeness (QED) is 0.0267. The van der Waals surface area contributed by atoms with Gasteiger partial charge >= 0.3 is 0 Å². The second-order valence-electron chi connectivity index (χ2n) is 15.5. The molecule has 0 radical (unpaired) electrons. The standard InChI is InChI=1S/C17H24FN3OS.C16H22FN3OS.C14H18FN3OS/c1-2-3-4-5-6-7-8-12-19-17(23)20-16-13-10-9-11-14(18)15(13)22-21-16;1-2-3-4-5-6-7-11-18-16(22)19-15-12-9-8-10-13(17)14(12)21-20-15;1-2-3-4-5-9-16-14(20)17-13-10-7-6-8-11(15)12(10)19-18-13/h9-11H,2-8,12H2,1H3,(H2,19,20,21,23);8-10H,2-7,11H2,1H3,(H2,18,19,20,22);6-8H,2-5,9H2,1H3,(H2,16,17,18,20). The normalized spacial score (nSPS) is 10.8. The Morgan fingerprint density at radius 2 is 0.677 bits per heavy atom. The molecule has 0 amide bonds. The van der Waals surface area contributed by atoms with Gasteiger partial charge in [-0.2, -0.15) is 0 Å². The molecule has 0 fully saturated rings. The number of anilines is 3. The van der Waals surface area contributed by atoms with E-state index in [1.54, 1.807) is 36.4 Å². The Kier molecular flexibility index (Phi) is 24.4. The zero-order valence-electron chi connectivity index (χ0n) is 37.8. The number of thiocarbonyl (C=S) groups is 3. The van der Waals surface area contributed by atoms with Crippen LogP contribution in [0.15, 0.2) is 68.2 Å². The van der Waals surface area contributed by atoms with Crippen LogP contribution in [-0.4, -0.2) is 50.4 Å². The number of nitrogens with zero attached hydrogens (tertiary/aromatic N) is 3. The van der Waals surface area contributed by atoms with E-state index in [0.717, 1.165) is 38.9 Å². The molecule has 65 heavy (non-hydrogen) atoms. The first-order chi connectivity index (χ1) is 31.7. The summed E-state index contributed by atoms with van der Waals surface area (Å²) in [6.07, 6.45) is 20.9. The minimum absolute atomic E-state index is 0.140. The minimum Gasteiger partial charge on any atom is -0.362 e. The molecule has 0 aliphatic heterocycles. The Labute approximate surface area is 396 Å². The fourth-order valence-corrected chi connectivity index (χ4v) is 7.25. The SMILES string of the molecule is CCCCCCCCCNC(=S)Nc1noc2c(F)cccc12.CCCCCCCCNC(=S)Nc1noc2c(F)cccc12.CCCCCCNC(=S)Nc1noc2c(F)cccc12. The fourth-order valence-electron chi connectivity index (χ4n) is 6.66. The van der Waals surface area contributed by atoms with E-state index in [9.17, 15) is 13.2 Å². The number of unbranched alkanes of at least 4 members (excludes halogenated alkanes) is 14. The van der Waals surface area contributed by atoms with Crippen molar-refractivity contribution >= 4 is 102 Å². The van der Waals surface area contributed by atoms with Gasteiger partial charge in [0.05, 0.1) is 16.2 Å². The molecule has 0 atom stereocenters. The molecule has 6 aromatic rings. The van der Waals surface area contributed by atoms with Crippen LogP contribution < -0.4 is 31.9 Å². The van der Waals surface area contributed by atoms with Gasteiger partial charge in [-0.25, -0.2) is 13.2 Å². The summed E-state index contributed by atoms with van der Waals surface area (Å²) in [6.45, 7) is 9.08. The lowest BCUT2D eigenvalue weighted by Crippen LogP contribution is -2.29. The molecule has 354 valence electrons. The van der Waals surface area contributed by atoms with E-state index >= 15 is 0 Å². The Bertz CT molecular complexity index is 2340. The van der Waals surface area contributed by atoms with Crippen molar-refractivity contribution in [2.45, 2.75) is 130 Å². The summed E-state index contributed by atoms with van der Waals surface area (Å²) in [5.74, 6) is 0.0348. The van der Waals surface area contributed by atoms with Gasteiger partial charge in [-0.05, 0) is 92.3 Å². The number of para-hydroxylation sites is 3. The van der Waals surface area contributed by atoms with Crippen molar-refractivity contribution in [2.24, 2.45) is 0 Å². The molecular weight excluding hydrogens is 892 g/mol. The van der Waals surface area contributed by atoms with Crippen LogP contribution in [0.1, 0.15) is 130 Å². The fraction of sp³-hybridized carbons (Fsp3) is 0.489. The van der Waals surface area contributed by atoms with Gasteiger partial charge in [0.1, 0.15) is 0 Å². The smallest absolute Gasteiger partial charge is 0.204 e. The first-order valence-electron chi connectivity index (χ1n) is 22.9. The van der Waals surface area contributed by atoms with Crippen molar-refractivity contribution in [1.82, 2.24) is 31.4 Å². The molecule has 3 heterocycles. The van der Waals surface area contributed by atoms with Crippen molar-refractivity contribution in [2.75, 3.05) is 35.6 Å². The molecule has 0 aliphatic rings. The average Bonchev–Trinajstić information content (AvgIpc) is 4.03. The zero-order valence-corrected chi connectivity index (χ0v) is 40.2. The van der Waals surface area contributed by atoms with E-state index in [2.05, 4.69) is 68.1 Å². The van der Waals surface area contributed by atoms with Crippen molar-refractivity contribution in [1.29, 1.82) is 0 Å². The predicted octanol–water partition coefficient (Wildman–Crippen LogP) is 13.5. The lowest BCUT2D eigenvalue weighted by Gasteiger charge is -2.08. The molecule has 0 saturated carbocycles. The first-order valence-corrected chi connectivity index (χ1v) is 24.1. The third kappa shape index (κ3) is 18.4. The molecule has 6 N–H and O–H groups in total. The summed E-state index contributed by atoms with van der Waals surface area (Å²) in [5.41, 5.74) is 0.425. The van der Waals surface area contributed by atoms with Crippen LogP contribution in [0.3, 0.4) is 0 Å². The summed E-state index contributed by atoms with van der Waals surface area (Å²) < 4.78 is 55.4. The second-order valence-corrected chi connectivity index (χ2v) is 16.8. The Morgan fingerprint density at radius 1 is 0.415 bits per heavy atom. The molecule has 0 bridgehead atoms. The van der Waals surface area contributed by atoms with Gasteiger partial charge in [0.25, 0.3) is 0 Å². The molecule has 0 aliphatic carbocycles. The molecule has 0 spiro atoms. The Morgan fingerprint density at radius 3 is 0.969 bits per heavy atom. The number of benzene rings is 3. The molecule has 0 unspecified atom stereocenters. The van der Waals surface area contributed by atoms with Crippen LogP contribution in [0.4, 0.5) is 30.6 Å². The number of nitrogens with one attached hydrogen (secondary N) is 6. The molecule has 6 rings (SSSR count). The van der Waals surface area contributed by atoms with Crippen molar-refractivity contribution < 1.29 is 26.7 Å². The van der Waals surface area contributed by atoms with Gasteiger partial charge in [0.15, 0.2) is 50.2 Å². The maximum absolute atomic E-state index is 13.5. The molecule has 3 aromatic carbocycles. The summed E-state index contributed by atoms with van der Waals surface area (Å²) >= 11 is 15.6. The summed E-state index contributed by atoms with van der Waals surface area (Å²) in [4.78, 5) is 0. The maximum atomic E-state index is 13.5. The highest BCUT2D eigenvalue weighted by molar-refractivity contribution is 7.80. The van der Waals surface area contributed by atoms with Crippen LogP contribution in [-0.2, 0) is 0 Å². The van der Waals surface area contributed by atoms with E-state index in [4.69, 9.17) is 50.2 Å². The van der Waals surface area contributed by atoms with Gasteiger partial charge < -0.3 is 45.5 Å². The van der Waals surface area contributed by atoms with Crippen LogP contribution in [0.2, 0.25) is 0 Å². The zero-order chi connectivity index (χ0) is 46.7. The highest BCUT2D eigenvalue weighted by atomic mass is 32.1. The highest BCUT2D eigenvalue weighted by Crippen LogP contribution is 2.27. The maximum Gasteiger partial charge on any atom is 0.204 e. The van der Waals surface area contributed by atoms with E-state index in [1.165, 1.54) is 108 Å². The van der Waals surface area contributed by atoms with Crippen LogP contribution in [0, 0.1) is 17.5 Å². The van der Waals surface area contributed by atoms with E-state index < -0.39 is 17.5 Å². The Balaban J connectivity index is 0.000000214. The van der Waals surface area contributed by atoms with E-state index in [1.807, 2.05) is 0 Å². The van der Waals surface area contributed by atoms with Crippen molar-refractivity contribution in [3.63, 3.8) is 0 Å². The largest absolute Gasteiger partial charge is 0.362 e. The molecule has 0 saturated heterocycles. The molecule has 18 heteroatoms. The van der Waals surface area contributed by atoms with Gasteiger partial charge in [0, 0.05) is 19.6 Å². The van der Waals surface area contributed by atoms with E-state index in [-0.39, 0.29) is 16.7 Å². The number of aromatic nitrogens is 3. The lowest BCUT2D eigenvalue weighted by atomic mass is 10.1. The Hall–Kier alpha value is -5.07. The van der Waals surface area contributed by atoms with E-state index in [0.29, 0.717) is 48.9 Å². The molecular formula is C47H64F3N9O3S3. The van der Waals surface area contributed by atoms with Crippen LogP contribution in [0.25, 0.3) is 32.9 Å². The minimum atomic E-state index is -0.429. The summed E-state index contributed by atoms with van der Waals surface area (Å²) in [6, 6.07) is 14.1. The van der Waals surface area contributed by atoms with Crippen molar-refractivity contribution in [3.05, 3.63) is 72.0 Å². The molecule has 12 nitrogen and oxygen atoms in total. The molecule has 3 aromatic heterocycles. The summed E-state index contributed by atoms with van der Waals surface area (Å²) in [7, 11) is 0. The van der Waals surface area contributed by atoms with Gasteiger partial charge in [-0.1, -0.05) is 144 Å². The number of hydrogen-bond acceptors (Lipinski definition) is 9. The lowest BCUT2D eigenvalue weighted by molar-refractivity contribution is 0.443. The van der Waals surface area contributed by atoms with Gasteiger partial charge in [0.2, 0.25) is 16.7 Å². The topological polar surface area (TPSA) is 150 Å². The van der Waals surface area contributed by atoms with Gasteiger partial charge in [-0.15, -0.1) is 0 Å². The number of halogens is 3. The second kappa shape index (κ2) is 30.2. The third-order valence-electron chi connectivity index (χ3n) is 10.2. The monoisotopic (exact) mass is 955 g/mol. The average molecular weight is 956 g/mol. The third-order valence-corrected chi connectivity index (χ3v) is 11.0. The van der Waals surface area contributed by atoms with Crippen molar-refractivity contribution in [3.8, 4) is 0 Å². The van der Waals surface area contributed by atoms with Gasteiger partial charge in [-0.3, -0.25) is 0 Å². The number of fused-ring (bicyclic) bond motifs is 3. The highest BCUT2D eigenvalue weighted by Gasteiger charge is 2.15. The first kappa shape index (κ1) is 52.6. The van der Waals surface area contributed by atoms with Crippen LogP contribution >= 0.6 is 36.7 Å². The number of rotatable bonds is 23. The predicted molar refractivity (Wildman–Crippen MR) is 270 cm³/mol. The van der Waals surface area contributed by atoms with Crippen LogP contribution in [0.5, 0.6) is 0 Å². The summed E-state index contributed by atoms with van der Waals surface area (Å²) in [5, 5.41) is 32.9. The number of hydrogen-bond donors (Lipinski definition) is 6.